The summed E-state index contributed by atoms with van der Waals surface area (Å²) >= 11 is 0. The number of carbonyl (C=O) groups is 2. The number of hydrogen-bond acceptors (Lipinski definition) is 4. The van der Waals surface area contributed by atoms with E-state index in [-0.39, 0.29) is 0 Å². The average molecular weight is 237 g/mol. The number of carbonyl (C=O) groups excluding carboxylic acids is 1. The number of hydrogen-bond donors (Lipinski definition) is 2. The van der Waals surface area contributed by atoms with Crippen LogP contribution in [0, 0.1) is 5.92 Å². The number of rotatable bonds is 5. The highest BCUT2D eigenvalue weighted by molar-refractivity contribution is 7.93. The first-order valence-electron chi connectivity index (χ1n) is 4.37. The highest BCUT2D eigenvalue weighted by atomic mass is 32.2. The Labute approximate surface area is 88.6 Å². The van der Waals surface area contributed by atoms with Crippen LogP contribution >= 0.6 is 0 Å². The molecule has 0 aromatic carbocycles. The number of carboxylic acid groups (broad SMARTS) is 1. The highest BCUT2D eigenvalue weighted by Crippen LogP contribution is 2.13. The van der Waals surface area contributed by atoms with Gasteiger partial charge in [-0.1, -0.05) is 13.8 Å². The van der Waals surface area contributed by atoms with Gasteiger partial charge in [-0.15, -0.1) is 0 Å². The Balaban J connectivity index is 4.98. The molecular weight excluding hydrogens is 222 g/mol. The van der Waals surface area contributed by atoms with E-state index in [2.05, 4.69) is 5.32 Å². The van der Waals surface area contributed by atoms with Crippen molar-refractivity contribution in [2.45, 2.75) is 19.1 Å². The molecule has 88 valence electrons. The van der Waals surface area contributed by atoms with Gasteiger partial charge in [0.1, 0.15) is 5.75 Å². The smallest absolute Gasteiger partial charge is 0.322 e. The zero-order chi connectivity index (χ0) is 12.2. The number of sulfone groups is 1. The molecule has 0 spiro atoms. The van der Waals surface area contributed by atoms with Gasteiger partial charge in [-0.3, -0.25) is 9.59 Å². The monoisotopic (exact) mass is 237 g/mol. The summed E-state index contributed by atoms with van der Waals surface area (Å²) in [6.07, 6.45) is 0. The van der Waals surface area contributed by atoms with E-state index in [4.69, 9.17) is 5.11 Å². The summed E-state index contributed by atoms with van der Waals surface area (Å²) in [4.78, 5) is 21.6. The van der Waals surface area contributed by atoms with Crippen LogP contribution in [-0.4, -0.2) is 43.5 Å². The van der Waals surface area contributed by atoms with Gasteiger partial charge >= 0.3 is 5.97 Å². The van der Waals surface area contributed by atoms with Crippen LogP contribution in [-0.2, 0) is 19.4 Å². The van der Waals surface area contributed by atoms with E-state index < -0.39 is 38.6 Å². The van der Waals surface area contributed by atoms with E-state index >= 15 is 0 Å². The minimum absolute atomic E-state index is 0.572. The fourth-order valence-corrected chi connectivity index (χ4v) is 3.02. The molecule has 0 saturated heterocycles. The number of aliphatic carboxylic acids is 1. The lowest BCUT2D eigenvalue weighted by molar-refractivity contribution is -0.137. The van der Waals surface area contributed by atoms with E-state index in [1.54, 1.807) is 0 Å². The molecule has 0 aliphatic heterocycles. The van der Waals surface area contributed by atoms with Gasteiger partial charge in [0, 0.05) is 7.05 Å². The summed E-state index contributed by atoms with van der Waals surface area (Å²) < 4.78 is 23.1. The van der Waals surface area contributed by atoms with E-state index in [0.717, 1.165) is 0 Å². The normalized spacial score (nSPS) is 13.6. The fourth-order valence-electron chi connectivity index (χ4n) is 1.20. The summed E-state index contributed by atoms with van der Waals surface area (Å²) in [7, 11) is -2.65. The van der Waals surface area contributed by atoms with Crippen LogP contribution in [0.2, 0.25) is 0 Å². The third-order valence-corrected chi connectivity index (χ3v) is 4.03. The summed E-state index contributed by atoms with van der Waals surface area (Å²) in [5.74, 6) is -3.49. The molecule has 0 heterocycles. The predicted molar refractivity (Wildman–Crippen MR) is 54.1 cm³/mol. The Morgan fingerprint density at radius 2 is 1.80 bits per heavy atom. The Morgan fingerprint density at radius 3 is 2.07 bits per heavy atom. The molecule has 15 heavy (non-hydrogen) atoms. The molecule has 2 N–H and O–H groups in total. The molecule has 7 heteroatoms. The summed E-state index contributed by atoms with van der Waals surface area (Å²) in [5, 5.41) is 9.36. The molecule has 0 aliphatic rings. The molecule has 0 aromatic heterocycles. The van der Waals surface area contributed by atoms with E-state index in [0.29, 0.717) is 0 Å². The molecule has 0 aromatic rings. The number of carboxylic acids is 1. The van der Waals surface area contributed by atoms with Gasteiger partial charge in [0.05, 0.1) is 0 Å². The second-order valence-electron chi connectivity index (χ2n) is 3.48. The maximum atomic E-state index is 11.5. The molecular formula is C8H15NO5S. The zero-order valence-corrected chi connectivity index (χ0v) is 9.67. The maximum Gasteiger partial charge on any atom is 0.322 e. The van der Waals surface area contributed by atoms with Gasteiger partial charge in [-0.2, -0.15) is 0 Å². The van der Waals surface area contributed by atoms with Crippen molar-refractivity contribution in [1.29, 1.82) is 0 Å². The van der Waals surface area contributed by atoms with Crippen molar-refractivity contribution < 1.29 is 23.1 Å². The number of amides is 1. The van der Waals surface area contributed by atoms with Gasteiger partial charge in [-0.05, 0) is 5.92 Å². The van der Waals surface area contributed by atoms with E-state index in [9.17, 15) is 18.0 Å². The van der Waals surface area contributed by atoms with Gasteiger partial charge < -0.3 is 10.4 Å². The van der Waals surface area contributed by atoms with Gasteiger partial charge in [0.25, 0.3) is 0 Å². The minimum Gasteiger partial charge on any atom is -0.480 e. The highest BCUT2D eigenvalue weighted by Gasteiger charge is 2.36. The Morgan fingerprint density at radius 1 is 1.33 bits per heavy atom. The van der Waals surface area contributed by atoms with Crippen molar-refractivity contribution in [3.63, 3.8) is 0 Å². The molecule has 0 rings (SSSR count). The average Bonchev–Trinajstić information content (AvgIpc) is 2.00. The van der Waals surface area contributed by atoms with Crippen molar-refractivity contribution in [3.05, 3.63) is 0 Å². The summed E-state index contributed by atoms with van der Waals surface area (Å²) in [5.41, 5.74) is 0. The second-order valence-corrected chi connectivity index (χ2v) is 5.61. The standard InChI is InChI=1S/C8H15NO5S/c1-5(2)7(8(11)12)15(13,14)4-6(10)9-3/h5,7H,4H2,1-3H3,(H,9,10)(H,11,12). The van der Waals surface area contributed by atoms with Crippen LogP contribution in [0.1, 0.15) is 13.8 Å². The summed E-state index contributed by atoms with van der Waals surface area (Å²) in [6.45, 7) is 2.97. The second kappa shape index (κ2) is 5.11. The lowest BCUT2D eigenvalue weighted by Gasteiger charge is -2.15. The third kappa shape index (κ3) is 3.86. The van der Waals surface area contributed by atoms with Crippen molar-refractivity contribution in [2.24, 2.45) is 5.92 Å². The van der Waals surface area contributed by atoms with Crippen LogP contribution in [0.4, 0.5) is 0 Å². The molecule has 0 radical (unpaired) electrons. The molecule has 0 fully saturated rings. The molecule has 0 aliphatic carbocycles. The van der Waals surface area contributed by atoms with Crippen LogP contribution in [0.25, 0.3) is 0 Å². The summed E-state index contributed by atoms with van der Waals surface area (Å²) in [6, 6.07) is 0. The molecule has 0 bridgehead atoms. The molecule has 0 saturated carbocycles. The fraction of sp³-hybridized carbons (Fsp3) is 0.750. The first-order chi connectivity index (χ1) is 6.72. The van der Waals surface area contributed by atoms with E-state index in [1.807, 2.05) is 0 Å². The SMILES string of the molecule is CNC(=O)CS(=O)(=O)C(C(=O)O)C(C)C. The quantitative estimate of drug-likeness (QED) is 0.655. The topological polar surface area (TPSA) is 101 Å². The molecule has 1 atom stereocenters. The number of nitrogens with one attached hydrogen (secondary N) is 1. The van der Waals surface area contributed by atoms with Crippen molar-refractivity contribution in [3.8, 4) is 0 Å². The lowest BCUT2D eigenvalue weighted by Crippen LogP contribution is -2.40. The lowest BCUT2D eigenvalue weighted by atomic mass is 10.1. The van der Waals surface area contributed by atoms with Crippen molar-refractivity contribution in [1.82, 2.24) is 5.32 Å². The first-order valence-corrected chi connectivity index (χ1v) is 6.09. The maximum absolute atomic E-state index is 11.5. The van der Waals surface area contributed by atoms with Crippen molar-refractivity contribution in [2.75, 3.05) is 12.8 Å². The third-order valence-electron chi connectivity index (χ3n) is 1.85. The Hall–Kier alpha value is -1.11. The van der Waals surface area contributed by atoms with Gasteiger partial charge in [-0.25, -0.2) is 8.42 Å². The Kier molecular flexibility index (Phi) is 4.73. The van der Waals surface area contributed by atoms with Crippen LogP contribution in [0.3, 0.4) is 0 Å². The molecule has 1 unspecified atom stereocenters. The molecule has 1 amide bonds. The van der Waals surface area contributed by atoms with Gasteiger partial charge in [0.15, 0.2) is 15.1 Å². The molecule has 6 nitrogen and oxygen atoms in total. The predicted octanol–water partition coefficient (Wildman–Crippen LogP) is -0.744. The largest absolute Gasteiger partial charge is 0.480 e. The van der Waals surface area contributed by atoms with Crippen molar-refractivity contribution >= 4 is 21.7 Å². The van der Waals surface area contributed by atoms with Crippen LogP contribution < -0.4 is 5.32 Å². The van der Waals surface area contributed by atoms with Crippen LogP contribution in [0.15, 0.2) is 0 Å². The van der Waals surface area contributed by atoms with Crippen LogP contribution in [0.5, 0.6) is 0 Å². The Bertz CT molecular complexity index is 346. The van der Waals surface area contributed by atoms with E-state index in [1.165, 1.54) is 20.9 Å². The first kappa shape index (κ1) is 13.9. The zero-order valence-electron chi connectivity index (χ0n) is 8.85. The minimum atomic E-state index is -3.94. The van der Waals surface area contributed by atoms with Gasteiger partial charge in [0.2, 0.25) is 5.91 Å².